The Morgan fingerprint density at radius 1 is 1.00 bits per heavy atom. The van der Waals surface area contributed by atoms with E-state index in [0.717, 1.165) is 4.90 Å². The van der Waals surface area contributed by atoms with Crippen LogP contribution in [0.4, 0.5) is 5.69 Å². The fourth-order valence-corrected chi connectivity index (χ4v) is 2.58. The van der Waals surface area contributed by atoms with E-state index in [1.807, 2.05) is 0 Å². The molecule has 1 N–H and O–H groups in total. The van der Waals surface area contributed by atoms with Crippen LogP contribution in [0.3, 0.4) is 0 Å². The number of nitrogens with one attached hydrogen (secondary N) is 1. The number of para-hydroxylation sites is 1. The second kappa shape index (κ2) is 6.20. The highest BCUT2D eigenvalue weighted by molar-refractivity contribution is 6.22. The van der Waals surface area contributed by atoms with Gasteiger partial charge in [-0.25, -0.2) is 4.79 Å². The van der Waals surface area contributed by atoms with Gasteiger partial charge >= 0.3 is 5.97 Å². The lowest BCUT2D eigenvalue weighted by Crippen LogP contribution is -2.24. The molecule has 1 aliphatic heterocycles. The fraction of sp³-hybridized carbons (Fsp3) is 0.111. The van der Waals surface area contributed by atoms with Crippen LogP contribution in [0.1, 0.15) is 41.4 Å². The first-order chi connectivity index (χ1) is 11.9. The number of hydrogen-bond donors (Lipinski definition) is 1. The van der Waals surface area contributed by atoms with Gasteiger partial charge in [0, 0.05) is 12.6 Å². The number of hydrogen-bond acceptors (Lipinski definition) is 5. The average Bonchev–Trinajstić information content (AvgIpc) is 2.85. The number of amides is 3. The first-order valence-electron chi connectivity index (χ1n) is 7.39. The Morgan fingerprint density at radius 2 is 1.68 bits per heavy atom. The minimum absolute atomic E-state index is 0.182. The first kappa shape index (κ1) is 16.4. The van der Waals surface area contributed by atoms with Crippen LogP contribution in [-0.2, 0) is 4.74 Å². The van der Waals surface area contributed by atoms with Gasteiger partial charge in [-0.05, 0) is 30.3 Å². The third-order valence-electron chi connectivity index (χ3n) is 3.93. The van der Waals surface area contributed by atoms with E-state index in [0.29, 0.717) is 5.69 Å². The maximum atomic E-state index is 12.5. The zero-order chi connectivity index (χ0) is 18.1. The van der Waals surface area contributed by atoms with Crippen LogP contribution in [0, 0.1) is 0 Å². The lowest BCUT2D eigenvalue weighted by Gasteiger charge is -2.10. The third kappa shape index (κ3) is 2.76. The van der Waals surface area contributed by atoms with Crippen molar-refractivity contribution in [2.24, 2.45) is 0 Å². The number of imide groups is 1. The van der Waals surface area contributed by atoms with Gasteiger partial charge < -0.3 is 10.1 Å². The molecule has 25 heavy (non-hydrogen) atoms. The minimum atomic E-state index is -0.577. The van der Waals surface area contributed by atoms with E-state index in [4.69, 9.17) is 0 Å². The van der Waals surface area contributed by atoms with E-state index in [1.54, 1.807) is 18.2 Å². The van der Waals surface area contributed by atoms with E-state index >= 15 is 0 Å². The smallest absolute Gasteiger partial charge is 0.339 e. The third-order valence-corrected chi connectivity index (χ3v) is 3.93. The molecule has 0 spiro atoms. The second-order valence-electron chi connectivity index (χ2n) is 5.42. The van der Waals surface area contributed by atoms with Crippen LogP contribution in [0.2, 0.25) is 0 Å². The van der Waals surface area contributed by atoms with Crippen molar-refractivity contribution in [3.8, 4) is 0 Å². The standard InChI is InChI=1S/C18H14N2O5/c1-20-16(22)11-8-7-10(9-13(11)17(20)23)15(21)19-14-6-4-3-5-12(14)18(24)25-2/h3-9H,1-2H3,(H,19,21). The molecule has 2 aromatic rings. The van der Waals surface area contributed by atoms with Crippen LogP contribution in [-0.4, -0.2) is 42.7 Å². The normalized spacial score (nSPS) is 12.8. The van der Waals surface area contributed by atoms with Crippen LogP contribution < -0.4 is 5.32 Å². The molecule has 0 atom stereocenters. The highest BCUT2D eigenvalue weighted by Crippen LogP contribution is 2.24. The Hall–Kier alpha value is -3.48. The average molecular weight is 338 g/mol. The summed E-state index contributed by atoms with van der Waals surface area (Å²) in [6.45, 7) is 0. The van der Waals surface area contributed by atoms with Gasteiger partial charge in [0.25, 0.3) is 17.7 Å². The number of nitrogens with zero attached hydrogens (tertiary/aromatic N) is 1. The molecule has 1 aliphatic rings. The molecule has 0 saturated carbocycles. The maximum absolute atomic E-state index is 12.5. The predicted molar refractivity (Wildman–Crippen MR) is 88.6 cm³/mol. The Morgan fingerprint density at radius 3 is 2.40 bits per heavy atom. The lowest BCUT2D eigenvalue weighted by atomic mass is 10.0. The Bertz CT molecular complexity index is 919. The van der Waals surface area contributed by atoms with Gasteiger partial charge in [0.05, 0.1) is 29.5 Å². The molecule has 7 nitrogen and oxygen atoms in total. The van der Waals surface area contributed by atoms with Gasteiger partial charge in [-0.1, -0.05) is 12.1 Å². The quantitative estimate of drug-likeness (QED) is 0.682. The van der Waals surface area contributed by atoms with Crippen molar-refractivity contribution in [2.45, 2.75) is 0 Å². The molecular formula is C18H14N2O5. The molecule has 3 rings (SSSR count). The summed E-state index contributed by atoms with van der Waals surface area (Å²) < 4.78 is 4.68. The Balaban J connectivity index is 1.91. The summed E-state index contributed by atoms with van der Waals surface area (Å²) >= 11 is 0. The Kier molecular flexibility index (Phi) is 4.06. The van der Waals surface area contributed by atoms with Crippen molar-refractivity contribution in [2.75, 3.05) is 19.5 Å². The summed E-state index contributed by atoms with van der Waals surface area (Å²) in [7, 11) is 2.64. The summed E-state index contributed by atoms with van der Waals surface area (Å²) in [6.07, 6.45) is 0. The monoisotopic (exact) mass is 338 g/mol. The summed E-state index contributed by atoms with van der Waals surface area (Å²) in [4.78, 5) is 49.2. The molecule has 0 aromatic heterocycles. The molecule has 0 unspecified atom stereocenters. The largest absolute Gasteiger partial charge is 0.465 e. The van der Waals surface area contributed by atoms with Crippen LogP contribution in [0.25, 0.3) is 0 Å². The number of carbonyl (C=O) groups is 4. The predicted octanol–water partition coefficient (Wildman–Crippen LogP) is 1.95. The van der Waals surface area contributed by atoms with Crippen molar-refractivity contribution in [3.63, 3.8) is 0 Å². The summed E-state index contributed by atoms with van der Waals surface area (Å²) in [5.41, 5.74) is 1.15. The number of rotatable bonds is 3. The highest BCUT2D eigenvalue weighted by Gasteiger charge is 2.33. The molecule has 126 valence electrons. The zero-order valence-corrected chi connectivity index (χ0v) is 13.5. The van der Waals surface area contributed by atoms with Crippen molar-refractivity contribution in [1.29, 1.82) is 0 Å². The molecule has 7 heteroatoms. The summed E-state index contributed by atoms with van der Waals surface area (Å²) in [5.74, 6) is -1.94. The Labute approximate surface area is 143 Å². The molecule has 3 amide bonds. The van der Waals surface area contributed by atoms with E-state index < -0.39 is 23.7 Å². The van der Waals surface area contributed by atoms with E-state index in [1.165, 1.54) is 38.4 Å². The lowest BCUT2D eigenvalue weighted by molar-refractivity contribution is 0.0600. The molecule has 0 radical (unpaired) electrons. The zero-order valence-electron chi connectivity index (χ0n) is 13.5. The van der Waals surface area contributed by atoms with Gasteiger partial charge in [0.1, 0.15) is 0 Å². The van der Waals surface area contributed by atoms with Gasteiger partial charge in [-0.15, -0.1) is 0 Å². The maximum Gasteiger partial charge on any atom is 0.339 e. The number of carbonyl (C=O) groups excluding carboxylic acids is 4. The number of esters is 1. The van der Waals surface area contributed by atoms with Crippen molar-refractivity contribution in [1.82, 2.24) is 4.90 Å². The summed E-state index contributed by atoms with van der Waals surface area (Å²) in [6, 6.07) is 10.7. The highest BCUT2D eigenvalue weighted by atomic mass is 16.5. The SMILES string of the molecule is COC(=O)c1ccccc1NC(=O)c1ccc2c(c1)C(=O)N(C)C2=O. The molecule has 0 aliphatic carbocycles. The van der Waals surface area contributed by atoms with Crippen molar-refractivity contribution >= 4 is 29.4 Å². The molecular weight excluding hydrogens is 324 g/mol. The first-order valence-corrected chi connectivity index (χ1v) is 7.39. The summed E-state index contributed by atoms with van der Waals surface area (Å²) in [5, 5.41) is 2.62. The van der Waals surface area contributed by atoms with Crippen molar-refractivity contribution in [3.05, 3.63) is 64.7 Å². The van der Waals surface area contributed by atoms with Crippen molar-refractivity contribution < 1.29 is 23.9 Å². The van der Waals surface area contributed by atoms with Crippen LogP contribution in [0.15, 0.2) is 42.5 Å². The molecule has 0 bridgehead atoms. The minimum Gasteiger partial charge on any atom is -0.465 e. The number of anilines is 1. The molecule has 0 fully saturated rings. The topological polar surface area (TPSA) is 92.8 Å². The van der Waals surface area contributed by atoms with E-state index in [2.05, 4.69) is 10.1 Å². The molecule has 2 aromatic carbocycles. The number of fused-ring (bicyclic) bond motifs is 1. The van der Waals surface area contributed by atoms with E-state index in [9.17, 15) is 19.2 Å². The number of ether oxygens (including phenoxy) is 1. The number of methoxy groups -OCH3 is 1. The second-order valence-corrected chi connectivity index (χ2v) is 5.42. The number of benzene rings is 2. The van der Waals surface area contributed by atoms with Gasteiger partial charge in [-0.2, -0.15) is 0 Å². The van der Waals surface area contributed by atoms with Crippen LogP contribution in [0.5, 0.6) is 0 Å². The van der Waals surface area contributed by atoms with Gasteiger partial charge in [0.15, 0.2) is 0 Å². The molecule has 0 saturated heterocycles. The fourth-order valence-electron chi connectivity index (χ4n) is 2.58. The van der Waals surface area contributed by atoms with E-state index in [-0.39, 0.29) is 22.3 Å². The van der Waals surface area contributed by atoms with Gasteiger partial charge in [-0.3, -0.25) is 19.3 Å². The van der Waals surface area contributed by atoms with Crippen LogP contribution >= 0.6 is 0 Å². The van der Waals surface area contributed by atoms with Gasteiger partial charge in [0.2, 0.25) is 0 Å². The molecule has 1 heterocycles.